The number of ether oxygens (including phenoxy) is 1. The zero-order chi connectivity index (χ0) is 19.2. The van der Waals surface area contributed by atoms with E-state index in [1.807, 2.05) is 0 Å². The van der Waals surface area contributed by atoms with Crippen LogP contribution in [0.2, 0.25) is 0 Å². The molecule has 144 valence electrons. The van der Waals surface area contributed by atoms with Crippen molar-refractivity contribution in [2.24, 2.45) is 17.3 Å². The second-order valence-corrected chi connectivity index (χ2v) is 8.43. The fraction of sp³-hybridized carbons (Fsp3) is 0.545. The van der Waals surface area contributed by atoms with Gasteiger partial charge in [0.15, 0.2) is 0 Å². The van der Waals surface area contributed by atoms with Crippen LogP contribution in [-0.4, -0.2) is 18.9 Å². The first-order valence-corrected chi connectivity index (χ1v) is 9.88. The molecule has 1 aromatic carbocycles. The van der Waals surface area contributed by atoms with Crippen LogP contribution in [0.25, 0.3) is 0 Å². The van der Waals surface area contributed by atoms with Crippen LogP contribution in [0.4, 0.5) is 0 Å². The zero-order valence-electron chi connectivity index (χ0n) is 16.3. The molecular formula is C22H28N2O3. The maximum Gasteiger partial charge on any atom is 0.265 e. The highest BCUT2D eigenvalue weighted by Crippen LogP contribution is 2.61. The van der Waals surface area contributed by atoms with Crippen molar-refractivity contribution < 1.29 is 14.3 Å². The molecule has 0 saturated heterocycles. The number of benzene rings is 1. The Labute approximate surface area is 160 Å². The van der Waals surface area contributed by atoms with Gasteiger partial charge in [0, 0.05) is 17.9 Å². The van der Waals surface area contributed by atoms with Crippen LogP contribution >= 0.6 is 0 Å². The topological polar surface area (TPSA) is 67.4 Å². The summed E-state index contributed by atoms with van der Waals surface area (Å²) in [7, 11) is 1.72. The van der Waals surface area contributed by atoms with Gasteiger partial charge in [0.1, 0.15) is 5.75 Å². The minimum atomic E-state index is -0.258. The number of aryl methyl sites for hydroxylation is 1. The summed E-state index contributed by atoms with van der Waals surface area (Å²) in [4.78, 5) is 23.8. The molecular weight excluding hydrogens is 340 g/mol. The second kappa shape index (κ2) is 6.70. The van der Waals surface area contributed by atoms with Crippen LogP contribution in [0, 0.1) is 17.3 Å². The van der Waals surface area contributed by atoms with E-state index in [1.165, 1.54) is 24.5 Å². The van der Waals surface area contributed by atoms with Crippen molar-refractivity contribution in [3.8, 4) is 5.75 Å². The highest BCUT2D eigenvalue weighted by molar-refractivity contribution is 5.96. The third kappa shape index (κ3) is 2.93. The van der Waals surface area contributed by atoms with Crippen molar-refractivity contribution in [2.75, 3.05) is 7.11 Å². The lowest BCUT2D eigenvalue weighted by Gasteiger charge is -2.50. The van der Waals surface area contributed by atoms with Crippen LogP contribution in [0.1, 0.15) is 56.6 Å². The molecule has 1 aromatic rings. The van der Waals surface area contributed by atoms with E-state index < -0.39 is 0 Å². The molecule has 27 heavy (non-hydrogen) atoms. The lowest BCUT2D eigenvalue weighted by Crippen LogP contribution is -2.47. The highest BCUT2D eigenvalue weighted by Gasteiger charge is 2.53. The monoisotopic (exact) mass is 368 g/mol. The smallest absolute Gasteiger partial charge is 0.265 e. The summed E-state index contributed by atoms with van der Waals surface area (Å²) in [6, 6.07) is 6.52. The molecule has 0 radical (unpaired) electrons. The van der Waals surface area contributed by atoms with Gasteiger partial charge >= 0.3 is 0 Å². The van der Waals surface area contributed by atoms with Crippen LogP contribution in [0.3, 0.4) is 0 Å². The maximum atomic E-state index is 12.6. The molecule has 1 saturated carbocycles. The highest BCUT2D eigenvalue weighted by atomic mass is 16.5. The first kappa shape index (κ1) is 18.1. The maximum absolute atomic E-state index is 12.6. The zero-order valence-corrected chi connectivity index (χ0v) is 16.3. The molecule has 0 aliphatic heterocycles. The van der Waals surface area contributed by atoms with Crippen molar-refractivity contribution in [3.63, 3.8) is 0 Å². The van der Waals surface area contributed by atoms with Gasteiger partial charge in [0.05, 0.1) is 7.11 Å². The quantitative estimate of drug-likeness (QED) is 0.788. The summed E-state index contributed by atoms with van der Waals surface area (Å²) in [6.07, 6.45) is 7.40. The predicted molar refractivity (Wildman–Crippen MR) is 103 cm³/mol. The number of fused-ring (bicyclic) bond motifs is 5. The van der Waals surface area contributed by atoms with E-state index in [1.54, 1.807) is 7.11 Å². The largest absolute Gasteiger partial charge is 0.497 e. The average Bonchev–Trinajstić information content (AvgIpc) is 3.02. The molecule has 0 unspecified atom stereocenters. The van der Waals surface area contributed by atoms with Gasteiger partial charge in [-0.3, -0.25) is 20.4 Å². The van der Waals surface area contributed by atoms with E-state index in [2.05, 4.69) is 42.1 Å². The Morgan fingerprint density at radius 1 is 1.22 bits per heavy atom. The van der Waals surface area contributed by atoms with Crippen molar-refractivity contribution in [3.05, 3.63) is 41.0 Å². The Kier molecular flexibility index (Phi) is 4.49. The SMILES string of the molecule is COc1ccc2c(c1)CC[C@@H]1[C@@H]2CC[C@]2(C)C(C(=O)NNC(C)=O)=CC[C@@H]12. The molecule has 5 nitrogen and oxygen atoms in total. The lowest BCUT2D eigenvalue weighted by molar-refractivity contribution is -0.126. The summed E-state index contributed by atoms with van der Waals surface area (Å²) in [5.74, 6) is 2.19. The molecule has 3 aliphatic carbocycles. The summed E-state index contributed by atoms with van der Waals surface area (Å²) < 4.78 is 5.40. The van der Waals surface area contributed by atoms with E-state index in [0.29, 0.717) is 17.8 Å². The van der Waals surface area contributed by atoms with E-state index >= 15 is 0 Å². The third-order valence-corrected chi connectivity index (χ3v) is 7.11. The average molecular weight is 368 g/mol. The number of nitrogens with one attached hydrogen (secondary N) is 2. The predicted octanol–water partition coefficient (Wildman–Crippen LogP) is 3.25. The third-order valence-electron chi connectivity index (χ3n) is 7.11. The Morgan fingerprint density at radius 2 is 2.04 bits per heavy atom. The summed E-state index contributed by atoms with van der Waals surface area (Å²) >= 11 is 0. The van der Waals surface area contributed by atoms with Crippen molar-refractivity contribution in [1.29, 1.82) is 0 Å². The first-order chi connectivity index (χ1) is 12.9. The molecule has 2 amide bonds. The molecule has 0 bridgehead atoms. The van der Waals surface area contributed by atoms with E-state index in [0.717, 1.165) is 37.0 Å². The van der Waals surface area contributed by atoms with Gasteiger partial charge in [-0.1, -0.05) is 19.1 Å². The minimum Gasteiger partial charge on any atom is -0.497 e. The standard InChI is InChI=1S/C22H28N2O3/c1-13(25)23-24-21(26)20-9-8-19-18-6-4-14-12-15(27-3)5-7-16(14)17(18)10-11-22(19,20)2/h5,7,9,12,17-19H,4,6,8,10-11H2,1-3H3,(H,23,25)(H,24,26)/t17-,18-,19+,22+/m1/s1. The van der Waals surface area contributed by atoms with Crippen molar-refractivity contribution >= 4 is 11.8 Å². The Morgan fingerprint density at radius 3 is 2.78 bits per heavy atom. The normalized spacial score (nSPS) is 31.1. The van der Waals surface area contributed by atoms with Gasteiger partial charge in [-0.15, -0.1) is 0 Å². The number of amides is 2. The fourth-order valence-corrected chi connectivity index (χ4v) is 5.82. The van der Waals surface area contributed by atoms with Gasteiger partial charge in [-0.2, -0.15) is 0 Å². The molecule has 4 rings (SSSR count). The van der Waals surface area contributed by atoms with Crippen molar-refractivity contribution in [1.82, 2.24) is 10.9 Å². The summed E-state index contributed by atoms with van der Waals surface area (Å²) in [5, 5.41) is 0. The number of carbonyl (C=O) groups excluding carboxylic acids is 2. The second-order valence-electron chi connectivity index (χ2n) is 8.43. The molecule has 0 spiro atoms. The van der Waals surface area contributed by atoms with Gasteiger partial charge in [0.25, 0.3) is 5.91 Å². The number of hydrogen-bond donors (Lipinski definition) is 2. The van der Waals surface area contributed by atoms with Gasteiger partial charge < -0.3 is 4.74 Å². The van der Waals surface area contributed by atoms with Gasteiger partial charge in [-0.25, -0.2) is 0 Å². The van der Waals surface area contributed by atoms with Crippen molar-refractivity contribution in [2.45, 2.75) is 51.9 Å². The Hall–Kier alpha value is -2.30. The molecule has 5 heteroatoms. The van der Waals surface area contributed by atoms with E-state index in [9.17, 15) is 9.59 Å². The van der Waals surface area contributed by atoms with E-state index in [-0.39, 0.29) is 17.2 Å². The van der Waals surface area contributed by atoms with Crippen LogP contribution in [0.5, 0.6) is 5.75 Å². The molecule has 0 aromatic heterocycles. The number of methoxy groups -OCH3 is 1. The number of carbonyl (C=O) groups is 2. The molecule has 4 atom stereocenters. The Bertz CT molecular complexity index is 816. The Balaban J connectivity index is 1.56. The minimum absolute atomic E-state index is 0.103. The number of hydrogen-bond acceptors (Lipinski definition) is 3. The molecule has 1 fully saturated rings. The lowest BCUT2D eigenvalue weighted by atomic mass is 9.54. The number of hydrazine groups is 1. The number of allylic oxidation sites excluding steroid dienone is 1. The fourth-order valence-electron chi connectivity index (χ4n) is 5.82. The first-order valence-electron chi connectivity index (χ1n) is 9.88. The van der Waals surface area contributed by atoms with Gasteiger partial charge in [0.2, 0.25) is 5.91 Å². The molecule has 2 N–H and O–H groups in total. The van der Waals surface area contributed by atoms with Crippen LogP contribution in [0.15, 0.2) is 29.8 Å². The summed E-state index contributed by atoms with van der Waals surface area (Å²) in [5.41, 5.74) is 8.63. The van der Waals surface area contributed by atoms with Gasteiger partial charge in [-0.05, 0) is 73.1 Å². The van der Waals surface area contributed by atoms with Crippen LogP contribution < -0.4 is 15.6 Å². The number of rotatable bonds is 2. The summed E-state index contributed by atoms with van der Waals surface area (Å²) in [6.45, 7) is 3.64. The van der Waals surface area contributed by atoms with E-state index in [4.69, 9.17) is 4.74 Å². The molecule has 3 aliphatic rings. The molecule has 0 heterocycles. The van der Waals surface area contributed by atoms with Crippen LogP contribution in [-0.2, 0) is 16.0 Å².